The van der Waals surface area contributed by atoms with Gasteiger partial charge in [0.2, 0.25) is 0 Å². The molecular formula is C13H14ClN3S. The Morgan fingerprint density at radius 1 is 1.28 bits per heavy atom. The zero-order valence-electron chi connectivity index (χ0n) is 10.1. The van der Waals surface area contributed by atoms with Gasteiger partial charge in [0.1, 0.15) is 0 Å². The number of thiazole rings is 1. The van der Waals surface area contributed by atoms with Gasteiger partial charge < -0.3 is 9.80 Å². The summed E-state index contributed by atoms with van der Waals surface area (Å²) in [6.07, 6.45) is 1.87. The van der Waals surface area contributed by atoms with E-state index in [-0.39, 0.29) is 0 Å². The molecule has 94 valence electrons. The maximum absolute atomic E-state index is 5.88. The van der Waals surface area contributed by atoms with Gasteiger partial charge in [0, 0.05) is 31.2 Å². The molecule has 2 aromatic rings. The SMILES string of the molecule is CN1CCN(Cc2cnc(Cl)s2)c2ccccc21. The number of benzene rings is 1. The highest BCUT2D eigenvalue weighted by atomic mass is 35.5. The Hall–Kier alpha value is -1.26. The highest BCUT2D eigenvalue weighted by Crippen LogP contribution is 2.33. The van der Waals surface area contributed by atoms with E-state index in [1.807, 2.05) is 6.20 Å². The van der Waals surface area contributed by atoms with Crippen LogP contribution in [0.25, 0.3) is 0 Å². The van der Waals surface area contributed by atoms with Gasteiger partial charge in [-0.15, -0.1) is 11.3 Å². The lowest BCUT2D eigenvalue weighted by Crippen LogP contribution is -2.38. The number of nitrogens with zero attached hydrogens (tertiary/aromatic N) is 3. The Morgan fingerprint density at radius 2 is 2.06 bits per heavy atom. The molecule has 1 aliphatic heterocycles. The molecule has 0 saturated heterocycles. The van der Waals surface area contributed by atoms with Crippen molar-refractivity contribution in [2.75, 3.05) is 29.9 Å². The molecule has 0 spiro atoms. The summed E-state index contributed by atoms with van der Waals surface area (Å²) >= 11 is 7.44. The molecule has 0 radical (unpaired) electrons. The van der Waals surface area contributed by atoms with Crippen LogP contribution in [0.1, 0.15) is 4.88 Å². The second-order valence-corrected chi connectivity index (χ2v) is 6.11. The van der Waals surface area contributed by atoms with E-state index in [1.165, 1.54) is 16.3 Å². The second kappa shape index (κ2) is 4.78. The summed E-state index contributed by atoms with van der Waals surface area (Å²) in [5.74, 6) is 0. The van der Waals surface area contributed by atoms with Gasteiger partial charge in [-0.05, 0) is 12.1 Å². The highest BCUT2D eigenvalue weighted by molar-refractivity contribution is 7.15. The maximum Gasteiger partial charge on any atom is 0.183 e. The fourth-order valence-corrected chi connectivity index (χ4v) is 3.27. The molecule has 1 aromatic carbocycles. The summed E-state index contributed by atoms with van der Waals surface area (Å²) in [6.45, 7) is 2.96. The van der Waals surface area contributed by atoms with Crippen LogP contribution in [0.2, 0.25) is 4.47 Å². The van der Waals surface area contributed by atoms with E-state index in [4.69, 9.17) is 11.6 Å². The average Bonchev–Trinajstić information content (AvgIpc) is 2.79. The summed E-state index contributed by atoms with van der Waals surface area (Å²) < 4.78 is 0.618. The van der Waals surface area contributed by atoms with Crippen molar-refractivity contribution in [1.29, 1.82) is 0 Å². The van der Waals surface area contributed by atoms with Crippen LogP contribution in [0.4, 0.5) is 11.4 Å². The minimum atomic E-state index is 0.618. The van der Waals surface area contributed by atoms with Crippen LogP contribution in [0.3, 0.4) is 0 Å². The van der Waals surface area contributed by atoms with Crippen molar-refractivity contribution < 1.29 is 0 Å². The van der Waals surface area contributed by atoms with Crippen LogP contribution in [0.5, 0.6) is 0 Å². The lowest BCUT2D eigenvalue weighted by Gasteiger charge is -2.36. The van der Waals surface area contributed by atoms with E-state index in [9.17, 15) is 0 Å². The van der Waals surface area contributed by atoms with Crippen LogP contribution in [-0.2, 0) is 6.54 Å². The van der Waals surface area contributed by atoms with Crippen LogP contribution in [0, 0.1) is 0 Å². The molecule has 2 heterocycles. The number of likely N-dealkylation sites (N-methyl/N-ethyl adjacent to an activating group) is 1. The number of rotatable bonds is 2. The third-order valence-electron chi connectivity index (χ3n) is 3.21. The summed E-state index contributed by atoms with van der Waals surface area (Å²) in [6, 6.07) is 8.52. The third kappa shape index (κ3) is 2.18. The molecule has 0 aliphatic carbocycles. The molecule has 0 atom stereocenters. The zero-order valence-corrected chi connectivity index (χ0v) is 11.7. The van der Waals surface area contributed by atoms with Gasteiger partial charge in [-0.3, -0.25) is 0 Å². The van der Waals surface area contributed by atoms with Crippen LogP contribution in [0.15, 0.2) is 30.5 Å². The largest absolute Gasteiger partial charge is 0.371 e. The summed E-state index contributed by atoms with van der Waals surface area (Å²) in [4.78, 5) is 9.99. The van der Waals surface area contributed by atoms with Gasteiger partial charge in [-0.1, -0.05) is 23.7 Å². The van der Waals surface area contributed by atoms with Gasteiger partial charge >= 0.3 is 0 Å². The van der Waals surface area contributed by atoms with Gasteiger partial charge in [-0.2, -0.15) is 0 Å². The smallest absolute Gasteiger partial charge is 0.183 e. The molecule has 0 amide bonds. The standard InChI is InChI=1S/C13H14ClN3S/c1-16-6-7-17(9-10-8-15-13(14)18-10)12-5-3-2-4-11(12)16/h2-5,8H,6-7,9H2,1H3. The van der Waals surface area contributed by atoms with Crippen molar-refractivity contribution in [3.63, 3.8) is 0 Å². The quantitative estimate of drug-likeness (QED) is 0.841. The van der Waals surface area contributed by atoms with E-state index in [1.54, 1.807) is 11.3 Å². The van der Waals surface area contributed by atoms with Crippen LogP contribution < -0.4 is 9.80 Å². The van der Waals surface area contributed by atoms with E-state index in [0.29, 0.717) is 4.47 Å². The maximum atomic E-state index is 5.88. The van der Waals surface area contributed by atoms with Crippen molar-refractivity contribution in [2.24, 2.45) is 0 Å². The molecule has 3 rings (SSSR count). The predicted octanol–water partition coefficient (Wildman–Crippen LogP) is 3.25. The lowest BCUT2D eigenvalue weighted by molar-refractivity contribution is 0.739. The van der Waals surface area contributed by atoms with Crippen molar-refractivity contribution in [1.82, 2.24) is 4.98 Å². The molecule has 0 bridgehead atoms. The van der Waals surface area contributed by atoms with Crippen molar-refractivity contribution in [3.05, 3.63) is 39.8 Å². The Kier molecular flexibility index (Phi) is 3.14. The molecular weight excluding hydrogens is 266 g/mol. The van der Waals surface area contributed by atoms with E-state index >= 15 is 0 Å². The van der Waals surface area contributed by atoms with Gasteiger partial charge in [-0.25, -0.2) is 4.98 Å². The average molecular weight is 280 g/mol. The fraction of sp³-hybridized carbons (Fsp3) is 0.308. The first-order valence-electron chi connectivity index (χ1n) is 5.89. The minimum Gasteiger partial charge on any atom is -0.371 e. The van der Waals surface area contributed by atoms with Gasteiger partial charge in [0.25, 0.3) is 0 Å². The number of aromatic nitrogens is 1. The number of fused-ring (bicyclic) bond motifs is 1. The molecule has 3 nitrogen and oxygen atoms in total. The molecule has 1 aliphatic rings. The Morgan fingerprint density at radius 3 is 2.78 bits per heavy atom. The van der Waals surface area contributed by atoms with Crippen LogP contribution in [-0.4, -0.2) is 25.1 Å². The summed E-state index contributed by atoms with van der Waals surface area (Å²) in [5.41, 5.74) is 2.58. The topological polar surface area (TPSA) is 19.4 Å². The normalized spacial score (nSPS) is 14.8. The van der Waals surface area contributed by atoms with Crippen LogP contribution >= 0.6 is 22.9 Å². The number of halogens is 1. The number of hydrogen-bond donors (Lipinski definition) is 0. The first-order chi connectivity index (χ1) is 8.74. The first-order valence-corrected chi connectivity index (χ1v) is 7.09. The molecule has 0 N–H and O–H groups in total. The predicted molar refractivity (Wildman–Crippen MR) is 77.9 cm³/mol. The molecule has 0 saturated carbocycles. The van der Waals surface area contributed by atoms with Gasteiger partial charge in [0.05, 0.1) is 17.9 Å². The molecule has 18 heavy (non-hydrogen) atoms. The number of para-hydroxylation sites is 2. The Balaban J connectivity index is 1.88. The summed E-state index contributed by atoms with van der Waals surface area (Å²) in [5, 5.41) is 0. The van der Waals surface area contributed by atoms with Gasteiger partial charge in [0.15, 0.2) is 4.47 Å². The first kappa shape index (κ1) is 11.8. The van der Waals surface area contributed by atoms with E-state index in [0.717, 1.165) is 19.6 Å². The lowest BCUT2D eigenvalue weighted by atomic mass is 10.1. The van der Waals surface area contributed by atoms with Crippen molar-refractivity contribution in [3.8, 4) is 0 Å². The number of hydrogen-bond acceptors (Lipinski definition) is 4. The van der Waals surface area contributed by atoms with E-state index in [2.05, 4.69) is 46.1 Å². The fourth-order valence-electron chi connectivity index (χ4n) is 2.28. The number of anilines is 2. The molecule has 0 unspecified atom stereocenters. The molecule has 0 fully saturated rings. The zero-order chi connectivity index (χ0) is 12.5. The minimum absolute atomic E-state index is 0.618. The summed E-state index contributed by atoms with van der Waals surface area (Å²) in [7, 11) is 2.14. The highest BCUT2D eigenvalue weighted by Gasteiger charge is 2.20. The Bertz CT molecular complexity index is 555. The van der Waals surface area contributed by atoms with E-state index < -0.39 is 0 Å². The molecule has 5 heteroatoms. The monoisotopic (exact) mass is 279 g/mol. The third-order valence-corrected chi connectivity index (χ3v) is 4.31. The van der Waals surface area contributed by atoms with Crippen molar-refractivity contribution >= 4 is 34.3 Å². The second-order valence-electron chi connectivity index (χ2n) is 4.41. The van der Waals surface area contributed by atoms with Crippen molar-refractivity contribution in [2.45, 2.75) is 6.54 Å². The molecule has 1 aromatic heterocycles. The Labute approximate surface area is 116 Å².